The van der Waals surface area contributed by atoms with Crippen LogP contribution in [0, 0.1) is 20.2 Å². The Hall–Kier alpha value is -3.54. The lowest BCUT2D eigenvalue weighted by molar-refractivity contribution is -0.386. The predicted molar refractivity (Wildman–Crippen MR) is 96.8 cm³/mol. The summed E-state index contributed by atoms with van der Waals surface area (Å²) in [6.45, 7) is -0.549. The molecule has 2 aromatic rings. The summed E-state index contributed by atoms with van der Waals surface area (Å²) in [5.41, 5.74) is 1.26. The van der Waals surface area contributed by atoms with Crippen molar-refractivity contribution < 1.29 is 24.5 Å². The first kappa shape index (κ1) is 19.8. The first-order valence-corrected chi connectivity index (χ1v) is 7.94. The van der Waals surface area contributed by atoms with E-state index in [1.54, 1.807) is 0 Å². The third kappa shape index (κ3) is 5.22. The summed E-state index contributed by atoms with van der Waals surface area (Å²) in [5.74, 6) is -1.42. The van der Waals surface area contributed by atoms with Crippen molar-refractivity contribution in [1.82, 2.24) is 5.43 Å². The molecule has 0 aliphatic carbocycles. The van der Waals surface area contributed by atoms with Gasteiger partial charge in [-0.25, -0.2) is 5.43 Å². The standard InChI is InChI=1S/C15H11BrN4O7/c16-10-5-9(15(22)12(6-10)20(25)26)7-17-18-14(21)8-27-13-4-2-1-3-11(13)19(23)24/h1-7,22H,8H2,(H,18,21)/b17-7-. The highest BCUT2D eigenvalue weighted by molar-refractivity contribution is 9.10. The van der Waals surface area contributed by atoms with Crippen molar-refractivity contribution in [3.8, 4) is 11.5 Å². The van der Waals surface area contributed by atoms with E-state index in [0.29, 0.717) is 4.47 Å². The van der Waals surface area contributed by atoms with Crippen molar-refractivity contribution in [3.63, 3.8) is 0 Å². The number of phenols is 1. The Morgan fingerprint density at radius 1 is 1.22 bits per heavy atom. The van der Waals surface area contributed by atoms with E-state index in [9.17, 15) is 30.1 Å². The quantitative estimate of drug-likeness (QED) is 0.381. The van der Waals surface area contributed by atoms with Crippen LogP contribution >= 0.6 is 15.9 Å². The Labute approximate surface area is 159 Å². The van der Waals surface area contributed by atoms with Crippen molar-refractivity contribution in [1.29, 1.82) is 0 Å². The highest BCUT2D eigenvalue weighted by atomic mass is 79.9. The van der Waals surface area contributed by atoms with E-state index in [1.165, 1.54) is 30.3 Å². The van der Waals surface area contributed by atoms with Gasteiger partial charge in [0.05, 0.1) is 16.1 Å². The Morgan fingerprint density at radius 3 is 2.56 bits per heavy atom. The van der Waals surface area contributed by atoms with E-state index >= 15 is 0 Å². The fraction of sp³-hybridized carbons (Fsp3) is 0.0667. The van der Waals surface area contributed by atoms with Crippen LogP contribution in [0.15, 0.2) is 46.0 Å². The number of hydrazone groups is 1. The molecule has 140 valence electrons. The maximum Gasteiger partial charge on any atom is 0.312 e. The number of benzene rings is 2. The first-order valence-electron chi connectivity index (χ1n) is 7.14. The highest BCUT2D eigenvalue weighted by Gasteiger charge is 2.18. The number of nitrogens with zero attached hydrogens (tertiary/aromatic N) is 3. The van der Waals surface area contributed by atoms with E-state index in [0.717, 1.165) is 12.3 Å². The Morgan fingerprint density at radius 2 is 1.89 bits per heavy atom. The van der Waals surface area contributed by atoms with Crippen molar-refractivity contribution in [3.05, 3.63) is 66.7 Å². The molecular weight excluding hydrogens is 428 g/mol. The number of carbonyl (C=O) groups excluding carboxylic acids is 1. The lowest BCUT2D eigenvalue weighted by Gasteiger charge is -2.05. The number of nitro benzene ring substituents is 2. The smallest absolute Gasteiger partial charge is 0.312 e. The minimum Gasteiger partial charge on any atom is -0.502 e. The molecule has 2 N–H and O–H groups in total. The van der Waals surface area contributed by atoms with Crippen LogP contribution in [0.4, 0.5) is 11.4 Å². The maximum absolute atomic E-state index is 11.7. The van der Waals surface area contributed by atoms with Crippen molar-refractivity contribution in [2.75, 3.05) is 6.61 Å². The summed E-state index contributed by atoms with van der Waals surface area (Å²) in [6.07, 6.45) is 1.01. The minimum atomic E-state index is -0.767. The van der Waals surface area contributed by atoms with Gasteiger partial charge >= 0.3 is 11.4 Å². The summed E-state index contributed by atoms with van der Waals surface area (Å²) in [7, 11) is 0. The van der Waals surface area contributed by atoms with Gasteiger partial charge in [-0.2, -0.15) is 5.10 Å². The Balaban J connectivity index is 2.00. The molecule has 0 atom stereocenters. The topological polar surface area (TPSA) is 157 Å². The lowest BCUT2D eigenvalue weighted by atomic mass is 10.2. The summed E-state index contributed by atoms with van der Waals surface area (Å²) in [6, 6.07) is 8.02. The largest absolute Gasteiger partial charge is 0.502 e. The fourth-order valence-electron chi connectivity index (χ4n) is 1.92. The highest BCUT2D eigenvalue weighted by Crippen LogP contribution is 2.32. The zero-order valence-electron chi connectivity index (χ0n) is 13.4. The van der Waals surface area contributed by atoms with Crippen LogP contribution in [0.1, 0.15) is 5.56 Å². The molecule has 27 heavy (non-hydrogen) atoms. The number of hydrogen-bond donors (Lipinski definition) is 2. The zero-order chi connectivity index (χ0) is 20.0. The van der Waals surface area contributed by atoms with Gasteiger partial charge < -0.3 is 9.84 Å². The van der Waals surface area contributed by atoms with E-state index in [1.807, 2.05) is 0 Å². The Kier molecular flexibility index (Phi) is 6.38. The second-order valence-corrected chi connectivity index (χ2v) is 5.84. The minimum absolute atomic E-state index is 0.00371. The van der Waals surface area contributed by atoms with E-state index < -0.39 is 33.8 Å². The number of phenolic OH excluding ortho intramolecular Hbond substituents is 1. The number of aromatic hydroxyl groups is 1. The van der Waals surface area contributed by atoms with Gasteiger partial charge in [0.1, 0.15) is 0 Å². The molecule has 0 aromatic heterocycles. The molecule has 0 fully saturated rings. The third-order valence-corrected chi connectivity index (χ3v) is 3.55. The molecule has 0 radical (unpaired) electrons. The summed E-state index contributed by atoms with van der Waals surface area (Å²) in [5, 5.41) is 35.1. The van der Waals surface area contributed by atoms with Gasteiger partial charge in [0.2, 0.25) is 5.75 Å². The molecule has 2 rings (SSSR count). The van der Waals surface area contributed by atoms with Crippen LogP contribution < -0.4 is 10.2 Å². The van der Waals surface area contributed by atoms with Crippen LogP contribution in [0.3, 0.4) is 0 Å². The van der Waals surface area contributed by atoms with Crippen LogP contribution in [0.25, 0.3) is 0 Å². The summed E-state index contributed by atoms with van der Waals surface area (Å²) >= 11 is 3.07. The lowest BCUT2D eigenvalue weighted by Crippen LogP contribution is -2.24. The second-order valence-electron chi connectivity index (χ2n) is 4.93. The average molecular weight is 439 g/mol. The monoisotopic (exact) mass is 438 g/mol. The molecule has 0 unspecified atom stereocenters. The van der Waals surface area contributed by atoms with Crippen LogP contribution in [-0.2, 0) is 4.79 Å². The maximum atomic E-state index is 11.7. The number of amides is 1. The SMILES string of the molecule is O=C(COc1ccccc1[N+](=O)[O-])N/N=C\c1cc(Br)cc([N+](=O)[O-])c1O. The van der Waals surface area contributed by atoms with Crippen molar-refractivity contribution >= 4 is 39.4 Å². The number of ether oxygens (including phenoxy) is 1. The number of nitrogens with one attached hydrogen (secondary N) is 1. The zero-order valence-corrected chi connectivity index (χ0v) is 15.0. The number of para-hydroxylation sites is 2. The molecule has 0 heterocycles. The van der Waals surface area contributed by atoms with Crippen molar-refractivity contribution in [2.24, 2.45) is 5.10 Å². The normalized spacial score (nSPS) is 10.6. The van der Waals surface area contributed by atoms with E-state index in [4.69, 9.17) is 4.74 Å². The molecule has 12 heteroatoms. The molecule has 0 aliphatic heterocycles. The molecule has 0 saturated heterocycles. The van der Waals surface area contributed by atoms with Gasteiger partial charge in [-0.15, -0.1) is 0 Å². The van der Waals surface area contributed by atoms with Crippen LogP contribution in [-0.4, -0.2) is 33.7 Å². The molecular formula is C15H11BrN4O7. The average Bonchev–Trinajstić information content (AvgIpc) is 2.62. The third-order valence-electron chi connectivity index (χ3n) is 3.09. The fourth-order valence-corrected chi connectivity index (χ4v) is 2.39. The van der Waals surface area contributed by atoms with Crippen molar-refractivity contribution in [2.45, 2.75) is 0 Å². The molecule has 2 aromatic carbocycles. The number of hydrogen-bond acceptors (Lipinski definition) is 8. The van der Waals surface area contributed by atoms with Gasteiger partial charge in [0.25, 0.3) is 5.91 Å². The number of rotatable bonds is 7. The van der Waals surface area contributed by atoms with Gasteiger partial charge in [-0.05, 0) is 12.1 Å². The van der Waals surface area contributed by atoms with Gasteiger partial charge in [-0.3, -0.25) is 25.0 Å². The second kappa shape index (κ2) is 8.71. The van der Waals surface area contributed by atoms with Gasteiger partial charge in [-0.1, -0.05) is 28.1 Å². The summed E-state index contributed by atoms with van der Waals surface area (Å²) < 4.78 is 5.42. The van der Waals surface area contributed by atoms with Gasteiger partial charge in [0.15, 0.2) is 12.4 Å². The summed E-state index contributed by atoms with van der Waals surface area (Å²) in [4.78, 5) is 32.0. The molecule has 0 bridgehead atoms. The number of nitro groups is 2. The number of carbonyl (C=O) groups is 1. The number of halogens is 1. The van der Waals surface area contributed by atoms with Gasteiger partial charge in [0, 0.05) is 22.2 Å². The molecule has 11 nitrogen and oxygen atoms in total. The Bertz CT molecular complexity index is 932. The van der Waals surface area contributed by atoms with Crippen LogP contribution in [0.5, 0.6) is 11.5 Å². The van der Waals surface area contributed by atoms with E-state index in [-0.39, 0.29) is 17.0 Å². The first-order chi connectivity index (χ1) is 12.8. The van der Waals surface area contributed by atoms with Crippen LogP contribution in [0.2, 0.25) is 0 Å². The predicted octanol–water partition coefficient (Wildman–Crippen LogP) is 2.50. The van der Waals surface area contributed by atoms with E-state index in [2.05, 4.69) is 26.5 Å². The molecule has 1 amide bonds. The molecule has 0 spiro atoms. The molecule has 0 aliphatic rings. The molecule has 0 saturated carbocycles.